The maximum Gasteiger partial charge on any atom is 0.143 e. The number of nitriles is 2. The highest BCUT2D eigenvalue weighted by atomic mass is 16.3. The Morgan fingerprint density at radius 1 is 0.528 bits per heavy atom. The molecule has 0 aliphatic rings. The molecule has 0 atom stereocenters. The fraction of sp³-hybridized carbons (Fsp3) is 0. The first-order chi connectivity index (χ1) is 17.7. The van der Waals surface area contributed by atoms with Crippen molar-refractivity contribution in [2.24, 2.45) is 0 Å². The Kier molecular flexibility index (Phi) is 5.19. The van der Waals surface area contributed by atoms with Gasteiger partial charge >= 0.3 is 0 Å². The lowest BCUT2D eigenvalue weighted by molar-refractivity contribution is 0.670. The summed E-state index contributed by atoms with van der Waals surface area (Å²) < 4.78 is 6.23. The third-order valence-corrected chi connectivity index (χ3v) is 6.35. The van der Waals surface area contributed by atoms with Crippen molar-refractivity contribution >= 4 is 39.0 Å². The first-order valence-corrected chi connectivity index (χ1v) is 11.6. The van der Waals surface area contributed by atoms with Crippen molar-refractivity contribution in [2.45, 2.75) is 0 Å². The molecule has 0 bridgehead atoms. The van der Waals surface area contributed by atoms with Crippen LogP contribution in [0.15, 0.2) is 120 Å². The molecule has 0 saturated carbocycles. The zero-order chi connectivity index (χ0) is 24.5. The van der Waals surface area contributed by atoms with Gasteiger partial charge < -0.3 is 9.32 Å². The molecule has 0 radical (unpaired) electrons. The summed E-state index contributed by atoms with van der Waals surface area (Å²) in [6.45, 7) is 0. The van der Waals surface area contributed by atoms with Gasteiger partial charge in [0.2, 0.25) is 0 Å². The van der Waals surface area contributed by atoms with E-state index in [9.17, 15) is 10.5 Å². The van der Waals surface area contributed by atoms with E-state index >= 15 is 0 Å². The van der Waals surface area contributed by atoms with E-state index < -0.39 is 0 Å². The highest BCUT2D eigenvalue weighted by Gasteiger charge is 2.15. The van der Waals surface area contributed by atoms with E-state index in [1.54, 1.807) is 0 Å². The van der Waals surface area contributed by atoms with Gasteiger partial charge in [0.25, 0.3) is 0 Å². The van der Waals surface area contributed by atoms with Crippen LogP contribution >= 0.6 is 0 Å². The fourth-order valence-electron chi connectivity index (χ4n) is 4.58. The predicted molar refractivity (Wildman–Crippen MR) is 143 cm³/mol. The molecule has 0 unspecified atom stereocenters. The summed E-state index contributed by atoms with van der Waals surface area (Å²) in [7, 11) is 0. The van der Waals surface area contributed by atoms with E-state index in [0.29, 0.717) is 11.1 Å². The van der Waals surface area contributed by atoms with Gasteiger partial charge in [-0.15, -0.1) is 0 Å². The van der Waals surface area contributed by atoms with Crippen molar-refractivity contribution in [2.75, 3.05) is 4.90 Å². The van der Waals surface area contributed by atoms with E-state index in [1.165, 1.54) is 0 Å². The molecule has 0 saturated heterocycles. The molecule has 0 fully saturated rings. The smallest absolute Gasteiger partial charge is 0.143 e. The minimum absolute atomic E-state index is 0.604. The summed E-state index contributed by atoms with van der Waals surface area (Å²) in [6.07, 6.45) is 0. The molecule has 1 heterocycles. The average molecular weight is 462 g/mol. The number of hydrogen-bond donors (Lipinski definition) is 0. The van der Waals surface area contributed by atoms with E-state index in [2.05, 4.69) is 65.6 Å². The monoisotopic (exact) mass is 461 g/mol. The second-order valence-corrected chi connectivity index (χ2v) is 8.48. The number of fused-ring (bicyclic) bond motifs is 3. The summed E-state index contributed by atoms with van der Waals surface area (Å²) in [6, 6.07) is 42.0. The number of benzene rings is 5. The van der Waals surface area contributed by atoms with Crippen LogP contribution in [0.4, 0.5) is 17.1 Å². The normalized spacial score (nSPS) is 10.7. The van der Waals surface area contributed by atoms with Crippen LogP contribution in [-0.2, 0) is 0 Å². The lowest BCUT2D eigenvalue weighted by atomic mass is 10.0. The summed E-state index contributed by atoms with van der Waals surface area (Å²) in [5, 5.41) is 20.6. The molecule has 0 spiro atoms. The third-order valence-electron chi connectivity index (χ3n) is 6.35. The van der Waals surface area contributed by atoms with Crippen LogP contribution < -0.4 is 4.90 Å². The molecule has 4 nitrogen and oxygen atoms in total. The summed E-state index contributed by atoms with van der Waals surface area (Å²) in [5.41, 5.74) is 7.87. The quantitative estimate of drug-likeness (QED) is 0.264. The largest absolute Gasteiger partial charge is 0.455 e. The summed E-state index contributed by atoms with van der Waals surface area (Å²) in [4.78, 5) is 2.11. The Bertz CT molecular complexity index is 1730. The second kappa shape index (κ2) is 8.80. The molecule has 0 amide bonds. The van der Waals surface area contributed by atoms with Gasteiger partial charge in [-0.2, -0.15) is 10.5 Å². The lowest BCUT2D eigenvalue weighted by Gasteiger charge is -2.25. The number of rotatable bonds is 4. The van der Waals surface area contributed by atoms with Crippen LogP contribution in [0.1, 0.15) is 11.1 Å². The molecular formula is C32H19N3O. The van der Waals surface area contributed by atoms with Gasteiger partial charge in [0.1, 0.15) is 11.2 Å². The van der Waals surface area contributed by atoms with E-state index in [4.69, 9.17) is 4.42 Å². The maximum atomic E-state index is 9.22. The first kappa shape index (κ1) is 21.2. The van der Waals surface area contributed by atoms with Gasteiger partial charge in [-0.3, -0.25) is 0 Å². The van der Waals surface area contributed by atoms with Crippen LogP contribution in [0, 0.1) is 22.7 Å². The average Bonchev–Trinajstić information content (AvgIpc) is 3.33. The SMILES string of the molecule is N#Cc1ccc(N(c2ccc(C#N)cc2)c2ccc(-c3cccc4c3oc3ccccc34)cc2)cc1. The lowest BCUT2D eigenvalue weighted by Crippen LogP contribution is -2.09. The third kappa shape index (κ3) is 3.64. The molecule has 1 aromatic heterocycles. The van der Waals surface area contributed by atoms with Crippen LogP contribution in [0.25, 0.3) is 33.1 Å². The molecule has 0 aliphatic carbocycles. The Morgan fingerprint density at radius 2 is 1.06 bits per heavy atom. The molecular weight excluding hydrogens is 442 g/mol. The second-order valence-electron chi connectivity index (χ2n) is 8.48. The van der Waals surface area contributed by atoms with Gasteiger partial charge in [-0.05, 0) is 72.3 Å². The van der Waals surface area contributed by atoms with Crippen molar-refractivity contribution in [1.82, 2.24) is 0 Å². The van der Waals surface area contributed by atoms with Gasteiger partial charge in [0, 0.05) is 33.4 Å². The molecule has 0 N–H and O–H groups in total. The van der Waals surface area contributed by atoms with Crippen LogP contribution in [0.3, 0.4) is 0 Å². The van der Waals surface area contributed by atoms with Crippen molar-refractivity contribution in [1.29, 1.82) is 10.5 Å². The Hall–Kier alpha value is -5.32. The number of para-hydroxylation sites is 2. The molecule has 5 aromatic carbocycles. The molecule has 6 rings (SSSR count). The Morgan fingerprint density at radius 3 is 1.64 bits per heavy atom. The topological polar surface area (TPSA) is 64.0 Å². The molecule has 6 aromatic rings. The molecule has 36 heavy (non-hydrogen) atoms. The number of furan rings is 1. The zero-order valence-electron chi connectivity index (χ0n) is 19.2. The highest BCUT2D eigenvalue weighted by molar-refractivity contribution is 6.09. The number of nitrogens with zero attached hydrogens (tertiary/aromatic N) is 3. The fourth-order valence-corrected chi connectivity index (χ4v) is 4.58. The maximum absolute atomic E-state index is 9.22. The number of anilines is 3. The standard InChI is InChI=1S/C32H19N3O/c33-20-22-8-14-25(15-9-22)35(26-16-10-23(21-34)11-17-26)27-18-12-24(13-19-27)28-5-3-6-30-29-4-1-2-7-31(29)36-32(28)30/h1-19H. The van der Waals surface area contributed by atoms with Gasteiger partial charge in [0.15, 0.2) is 0 Å². The summed E-state index contributed by atoms with van der Waals surface area (Å²) in [5.74, 6) is 0. The molecule has 168 valence electrons. The van der Waals surface area contributed by atoms with E-state index in [-0.39, 0.29) is 0 Å². The zero-order valence-corrected chi connectivity index (χ0v) is 19.2. The van der Waals surface area contributed by atoms with Crippen LogP contribution in [0.5, 0.6) is 0 Å². The molecule has 0 aliphatic heterocycles. The van der Waals surface area contributed by atoms with Crippen molar-refractivity contribution < 1.29 is 4.42 Å². The first-order valence-electron chi connectivity index (χ1n) is 11.6. The van der Waals surface area contributed by atoms with E-state index in [0.717, 1.165) is 50.1 Å². The van der Waals surface area contributed by atoms with Gasteiger partial charge in [-0.25, -0.2) is 0 Å². The van der Waals surface area contributed by atoms with Crippen LogP contribution in [0.2, 0.25) is 0 Å². The minimum Gasteiger partial charge on any atom is -0.455 e. The van der Waals surface area contributed by atoms with Gasteiger partial charge in [0.05, 0.1) is 23.3 Å². The predicted octanol–water partition coefficient (Wildman–Crippen LogP) is 8.47. The molecule has 4 heteroatoms. The minimum atomic E-state index is 0.604. The number of hydrogen-bond acceptors (Lipinski definition) is 4. The van der Waals surface area contributed by atoms with Crippen molar-refractivity contribution in [3.05, 3.63) is 126 Å². The van der Waals surface area contributed by atoms with Crippen LogP contribution in [-0.4, -0.2) is 0 Å². The highest BCUT2D eigenvalue weighted by Crippen LogP contribution is 2.38. The van der Waals surface area contributed by atoms with Gasteiger partial charge in [-0.1, -0.05) is 48.5 Å². The van der Waals surface area contributed by atoms with E-state index in [1.807, 2.05) is 66.7 Å². The van der Waals surface area contributed by atoms with Crippen molar-refractivity contribution in [3.8, 4) is 23.3 Å². The van der Waals surface area contributed by atoms with Crippen molar-refractivity contribution in [3.63, 3.8) is 0 Å². The Balaban J connectivity index is 1.44. The Labute approximate surface area is 208 Å². The summed E-state index contributed by atoms with van der Waals surface area (Å²) >= 11 is 0.